The average Bonchev–Trinajstić information content (AvgIpc) is 2.63. The van der Waals surface area contributed by atoms with Crippen molar-refractivity contribution in [2.75, 3.05) is 24.6 Å². The molecule has 6 heteroatoms. The lowest BCUT2D eigenvalue weighted by molar-refractivity contribution is 0.0761. The van der Waals surface area contributed by atoms with Crippen LogP contribution in [0.1, 0.15) is 10.5 Å². The van der Waals surface area contributed by atoms with Crippen LogP contribution in [0.5, 0.6) is 0 Å². The predicted molar refractivity (Wildman–Crippen MR) is 60.0 cm³/mol. The molecule has 1 aliphatic heterocycles. The number of hydrogen-bond acceptors (Lipinski definition) is 3. The molecular weight excluding hydrogens is 228 g/mol. The van der Waals surface area contributed by atoms with Gasteiger partial charge in [0.2, 0.25) is 0 Å². The van der Waals surface area contributed by atoms with Crippen molar-refractivity contribution in [3.05, 3.63) is 24.0 Å². The predicted octanol–water partition coefficient (Wildman–Crippen LogP) is -0.104. The molecule has 2 heterocycles. The first-order valence-corrected chi connectivity index (χ1v) is 6.93. The number of aromatic nitrogens is 1. The van der Waals surface area contributed by atoms with E-state index >= 15 is 0 Å². The Balaban J connectivity index is 2.11. The molecule has 1 aliphatic rings. The first-order chi connectivity index (χ1) is 7.49. The average molecular weight is 242 g/mol. The van der Waals surface area contributed by atoms with Gasteiger partial charge in [-0.05, 0) is 12.1 Å². The molecule has 16 heavy (non-hydrogen) atoms. The topological polar surface area (TPSA) is 59.4 Å². The van der Waals surface area contributed by atoms with E-state index in [9.17, 15) is 13.2 Å². The van der Waals surface area contributed by atoms with E-state index in [1.54, 1.807) is 34.8 Å². The highest BCUT2D eigenvalue weighted by atomic mass is 32.2. The summed E-state index contributed by atoms with van der Waals surface area (Å²) in [6.45, 7) is 0.596. The van der Waals surface area contributed by atoms with Crippen molar-refractivity contribution < 1.29 is 13.2 Å². The van der Waals surface area contributed by atoms with Gasteiger partial charge >= 0.3 is 0 Å². The SMILES string of the molecule is Cn1cccc1C(=O)N1CCS(=O)(=O)CC1. The zero-order chi connectivity index (χ0) is 11.8. The first-order valence-electron chi connectivity index (χ1n) is 5.11. The van der Waals surface area contributed by atoms with Crippen molar-refractivity contribution in [3.63, 3.8) is 0 Å². The summed E-state index contributed by atoms with van der Waals surface area (Å²) in [5.74, 6) is 0.0502. The lowest BCUT2D eigenvalue weighted by Gasteiger charge is -2.26. The van der Waals surface area contributed by atoms with Crippen molar-refractivity contribution >= 4 is 15.7 Å². The second-order valence-electron chi connectivity index (χ2n) is 3.95. The summed E-state index contributed by atoms with van der Waals surface area (Å²) in [7, 11) is -1.13. The summed E-state index contributed by atoms with van der Waals surface area (Å²) in [6, 6.07) is 3.54. The lowest BCUT2D eigenvalue weighted by Crippen LogP contribution is -2.44. The van der Waals surface area contributed by atoms with Crippen LogP contribution in [0.3, 0.4) is 0 Å². The highest BCUT2D eigenvalue weighted by Gasteiger charge is 2.26. The van der Waals surface area contributed by atoms with Crippen LogP contribution in [-0.2, 0) is 16.9 Å². The van der Waals surface area contributed by atoms with Gasteiger partial charge in [-0.3, -0.25) is 4.79 Å². The van der Waals surface area contributed by atoms with Gasteiger partial charge in [0.05, 0.1) is 11.5 Å². The van der Waals surface area contributed by atoms with Crippen LogP contribution in [0.15, 0.2) is 18.3 Å². The molecule has 0 atom stereocenters. The Morgan fingerprint density at radius 3 is 2.44 bits per heavy atom. The van der Waals surface area contributed by atoms with E-state index < -0.39 is 9.84 Å². The Kier molecular flexibility index (Phi) is 2.75. The van der Waals surface area contributed by atoms with Gasteiger partial charge in [0.1, 0.15) is 5.69 Å². The van der Waals surface area contributed by atoms with Gasteiger partial charge in [-0.1, -0.05) is 0 Å². The van der Waals surface area contributed by atoms with E-state index in [0.717, 1.165) is 0 Å². The maximum absolute atomic E-state index is 12.0. The van der Waals surface area contributed by atoms with Gasteiger partial charge in [0, 0.05) is 26.3 Å². The van der Waals surface area contributed by atoms with Crippen LogP contribution in [0.25, 0.3) is 0 Å². The number of nitrogens with zero attached hydrogens (tertiary/aromatic N) is 2. The van der Waals surface area contributed by atoms with E-state index in [-0.39, 0.29) is 17.4 Å². The number of carbonyl (C=O) groups is 1. The molecule has 0 bridgehead atoms. The molecule has 1 aromatic rings. The third-order valence-corrected chi connectivity index (χ3v) is 4.40. The zero-order valence-corrected chi connectivity index (χ0v) is 9.90. The molecule has 1 fully saturated rings. The van der Waals surface area contributed by atoms with Crippen LogP contribution in [0, 0.1) is 0 Å². The van der Waals surface area contributed by atoms with E-state index in [4.69, 9.17) is 0 Å². The Morgan fingerprint density at radius 2 is 1.94 bits per heavy atom. The van der Waals surface area contributed by atoms with Gasteiger partial charge < -0.3 is 9.47 Å². The van der Waals surface area contributed by atoms with Crippen LogP contribution in [0.4, 0.5) is 0 Å². The minimum absolute atomic E-state index is 0.0726. The molecular formula is C10H14N2O3S. The monoisotopic (exact) mass is 242 g/mol. The highest BCUT2D eigenvalue weighted by molar-refractivity contribution is 7.91. The van der Waals surface area contributed by atoms with Gasteiger partial charge in [-0.25, -0.2) is 8.42 Å². The van der Waals surface area contributed by atoms with E-state index in [2.05, 4.69) is 0 Å². The number of amides is 1. The third-order valence-electron chi connectivity index (χ3n) is 2.79. The molecule has 0 aliphatic carbocycles. The largest absolute Gasteiger partial charge is 0.347 e. The Morgan fingerprint density at radius 1 is 1.31 bits per heavy atom. The Bertz CT molecular complexity index is 490. The molecule has 1 aromatic heterocycles. The molecule has 0 N–H and O–H groups in total. The van der Waals surface area contributed by atoms with Gasteiger partial charge in [-0.15, -0.1) is 0 Å². The summed E-state index contributed by atoms with van der Waals surface area (Å²) >= 11 is 0. The summed E-state index contributed by atoms with van der Waals surface area (Å²) < 4.78 is 24.2. The number of carbonyl (C=O) groups excluding carboxylic acids is 1. The lowest BCUT2D eigenvalue weighted by atomic mass is 10.3. The highest BCUT2D eigenvalue weighted by Crippen LogP contribution is 2.09. The van der Waals surface area contributed by atoms with Crippen molar-refractivity contribution in [3.8, 4) is 0 Å². The van der Waals surface area contributed by atoms with Crippen LogP contribution in [0.2, 0.25) is 0 Å². The van der Waals surface area contributed by atoms with Gasteiger partial charge in [-0.2, -0.15) is 0 Å². The standard InChI is InChI=1S/C10H14N2O3S/c1-11-4-2-3-9(11)10(13)12-5-7-16(14,15)8-6-12/h2-4H,5-8H2,1H3. The number of hydrogen-bond donors (Lipinski definition) is 0. The van der Waals surface area contributed by atoms with Crippen molar-refractivity contribution in [2.45, 2.75) is 0 Å². The maximum atomic E-state index is 12.0. The molecule has 0 saturated carbocycles. The number of rotatable bonds is 1. The second kappa shape index (κ2) is 3.93. The van der Waals surface area contributed by atoms with E-state index in [1.165, 1.54) is 0 Å². The fourth-order valence-electron chi connectivity index (χ4n) is 1.76. The minimum Gasteiger partial charge on any atom is -0.347 e. The van der Waals surface area contributed by atoms with Crippen molar-refractivity contribution in [2.24, 2.45) is 7.05 Å². The first kappa shape index (κ1) is 11.2. The van der Waals surface area contributed by atoms with Crippen LogP contribution in [-0.4, -0.2) is 48.4 Å². The van der Waals surface area contributed by atoms with Crippen molar-refractivity contribution in [1.82, 2.24) is 9.47 Å². The normalized spacial score (nSPS) is 19.7. The smallest absolute Gasteiger partial charge is 0.270 e. The quantitative estimate of drug-likeness (QED) is 0.690. The van der Waals surface area contributed by atoms with Gasteiger partial charge in [0.15, 0.2) is 9.84 Å². The van der Waals surface area contributed by atoms with Crippen LogP contribution >= 0.6 is 0 Å². The van der Waals surface area contributed by atoms with E-state index in [1.807, 2.05) is 0 Å². The molecule has 88 valence electrons. The van der Waals surface area contributed by atoms with Gasteiger partial charge in [0.25, 0.3) is 5.91 Å². The summed E-state index contributed by atoms with van der Waals surface area (Å²) in [5.41, 5.74) is 0.597. The third kappa shape index (κ3) is 2.11. The fraction of sp³-hybridized carbons (Fsp3) is 0.500. The minimum atomic E-state index is -2.93. The summed E-state index contributed by atoms with van der Waals surface area (Å²) in [5, 5.41) is 0. The molecule has 1 saturated heterocycles. The van der Waals surface area contributed by atoms with Crippen molar-refractivity contribution in [1.29, 1.82) is 0 Å². The van der Waals surface area contributed by atoms with E-state index in [0.29, 0.717) is 18.8 Å². The molecule has 0 spiro atoms. The molecule has 0 radical (unpaired) electrons. The second-order valence-corrected chi connectivity index (χ2v) is 6.25. The van der Waals surface area contributed by atoms with Crippen LogP contribution < -0.4 is 0 Å². The number of sulfone groups is 1. The summed E-state index contributed by atoms with van der Waals surface area (Å²) in [4.78, 5) is 13.6. The zero-order valence-electron chi connectivity index (χ0n) is 9.09. The fourth-order valence-corrected chi connectivity index (χ4v) is 2.96. The molecule has 2 rings (SSSR count). The molecule has 0 aromatic carbocycles. The molecule has 5 nitrogen and oxygen atoms in total. The Labute approximate surface area is 94.6 Å². The number of aryl methyl sites for hydroxylation is 1. The maximum Gasteiger partial charge on any atom is 0.270 e. The molecule has 0 unspecified atom stereocenters. The molecule has 1 amide bonds. The summed E-state index contributed by atoms with van der Waals surface area (Å²) in [6.07, 6.45) is 1.80. The Hall–Kier alpha value is -1.30.